The molecule has 1 aliphatic carbocycles. The molecule has 0 bridgehead atoms. The molecule has 0 saturated carbocycles. The molecule has 0 fully saturated rings. The molecule has 1 unspecified atom stereocenters. The molecule has 0 aromatic heterocycles. The Kier molecular flexibility index (Phi) is 5.21. The third kappa shape index (κ3) is 4.18. The van der Waals surface area contributed by atoms with Gasteiger partial charge in [0.2, 0.25) is 0 Å². The fourth-order valence-electron chi connectivity index (χ4n) is 3.50. The van der Waals surface area contributed by atoms with E-state index >= 15 is 0 Å². The van der Waals surface area contributed by atoms with Gasteiger partial charge in [0.1, 0.15) is 5.75 Å². The van der Waals surface area contributed by atoms with Gasteiger partial charge in [-0.25, -0.2) is 0 Å². The largest absolute Gasteiger partial charge is 0.573 e. The van der Waals surface area contributed by atoms with Crippen LogP contribution in [0.25, 0.3) is 5.57 Å². The number of hydrogen-bond donors (Lipinski definition) is 0. The average Bonchev–Trinajstić information content (AvgIpc) is 2.62. The first-order valence-corrected chi connectivity index (χ1v) is 8.73. The van der Waals surface area contributed by atoms with Crippen LogP contribution >= 0.6 is 0 Å². The summed E-state index contributed by atoms with van der Waals surface area (Å²) in [5.74, 6) is -0.187. The molecule has 0 aliphatic heterocycles. The van der Waals surface area contributed by atoms with E-state index in [-0.39, 0.29) is 11.2 Å². The zero-order valence-electron chi connectivity index (χ0n) is 14.6. The number of ether oxygens (including phenoxy) is 1. The number of alkyl halides is 3. The number of halogens is 3. The van der Waals surface area contributed by atoms with Crippen molar-refractivity contribution in [2.24, 2.45) is 0 Å². The summed E-state index contributed by atoms with van der Waals surface area (Å²) < 4.78 is 41.0. The van der Waals surface area contributed by atoms with E-state index < -0.39 is 6.36 Å². The maximum atomic E-state index is 12.4. The van der Waals surface area contributed by atoms with Crippen molar-refractivity contribution in [2.45, 2.75) is 38.0 Å². The summed E-state index contributed by atoms with van der Waals surface area (Å²) in [5, 5.41) is 0. The van der Waals surface area contributed by atoms with E-state index in [2.05, 4.69) is 42.0 Å². The minimum atomic E-state index is -4.67. The van der Waals surface area contributed by atoms with Crippen LogP contribution in [-0.4, -0.2) is 6.36 Å². The molecular formula is C22H21F3O. The highest BCUT2D eigenvalue weighted by Crippen LogP contribution is 2.40. The third-order valence-electron chi connectivity index (χ3n) is 4.73. The summed E-state index contributed by atoms with van der Waals surface area (Å²) in [5.41, 5.74) is 3.16. The van der Waals surface area contributed by atoms with Crippen LogP contribution in [-0.2, 0) is 5.41 Å². The molecule has 2 aromatic rings. The normalized spacial score (nSPS) is 19.9. The second kappa shape index (κ2) is 7.40. The second-order valence-electron chi connectivity index (χ2n) is 6.54. The molecule has 1 aliphatic rings. The molecule has 0 amide bonds. The van der Waals surface area contributed by atoms with Gasteiger partial charge in [-0.3, -0.25) is 0 Å². The molecule has 4 heteroatoms. The summed E-state index contributed by atoms with van der Waals surface area (Å²) >= 11 is 0. The van der Waals surface area contributed by atoms with E-state index in [4.69, 9.17) is 0 Å². The van der Waals surface area contributed by atoms with Gasteiger partial charge < -0.3 is 4.74 Å². The van der Waals surface area contributed by atoms with Crippen molar-refractivity contribution in [1.82, 2.24) is 0 Å². The quantitative estimate of drug-likeness (QED) is 0.580. The Bertz CT molecular complexity index is 788. The van der Waals surface area contributed by atoms with Gasteiger partial charge in [0, 0.05) is 5.41 Å². The molecule has 0 spiro atoms. The van der Waals surface area contributed by atoms with Gasteiger partial charge in [-0.05, 0) is 41.7 Å². The fourth-order valence-corrected chi connectivity index (χ4v) is 3.50. The van der Waals surface area contributed by atoms with Crippen molar-refractivity contribution in [3.63, 3.8) is 0 Å². The van der Waals surface area contributed by atoms with E-state index in [1.807, 2.05) is 18.2 Å². The van der Waals surface area contributed by atoms with Crippen LogP contribution in [0.15, 0.2) is 72.8 Å². The highest BCUT2D eigenvalue weighted by Gasteiger charge is 2.32. The first-order valence-electron chi connectivity index (χ1n) is 8.73. The predicted octanol–water partition coefficient (Wildman–Crippen LogP) is 6.67. The van der Waals surface area contributed by atoms with Crippen molar-refractivity contribution in [2.75, 3.05) is 0 Å². The lowest BCUT2D eigenvalue weighted by Gasteiger charge is -2.33. The Labute approximate surface area is 151 Å². The molecule has 1 nitrogen and oxygen atoms in total. The summed E-state index contributed by atoms with van der Waals surface area (Å²) in [6.07, 6.45) is 4.60. The molecule has 136 valence electrons. The molecule has 26 heavy (non-hydrogen) atoms. The van der Waals surface area contributed by atoms with E-state index in [0.29, 0.717) is 0 Å². The van der Waals surface area contributed by atoms with Crippen LogP contribution in [0.3, 0.4) is 0 Å². The molecule has 3 rings (SSSR count). The second-order valence-corrected chi connectivity index (χ2v) is 6.54. The molecular weight excluding hydrogens is 337 g/mol. The lowest BCUT2D eigenvalue weighted by atomic mass is 9.71. The maximum absolute atomic E-state index is 12.4. The smallest absolute Gasteiger partial charge is 0.406 e. The molecule has 0 saturated heterocycles. The third-order valence-corrected chi connectivity index (χ3v) is 4.73. The van der Waals surface area contributed by atoms with E-state index in [1.165, 1.54) is 23.3 Å². The number of rotatable bonds is 5. The van der Waals surface area contributed by atoms with E-state index in [9.17, 15) is 13.2 Å². The Morgan fingerprint density at radius 1 is 1.00 bits per heavy atom. The minimum Gasteiger partial charge on any atom is -0.406 e. The summed E-state index contributed by atoms with van der Waals surface area (Å²) in [7, 11) is 0. The van der Waals surface area contributed by atoms with Gasteiger partial charge in [0.05, 0.1) is 0 Å². The first-order chi connectivity index (χ1) is 12.4. The van der Waals surface area contributed by atoms with Gasteiger partial charge >= 0.3 is 6.36 Å². The van der Waals surface area contributed by atoms with Crippen LogP contribution in [0.5, 0.6) is 5.75 Å². The summed E-state index contributed by atoms with van der Waals surface area (Å²) in [6.45, 7) is 2.12. The zero-order chi connectivity index (χ0) is 18.6. The summed E-state index contributed by atoms with van der Waals surface area (Å²) in [4.78, 5) is 0. The minimum absolute atomic E-state index is 0.187. The van der Waals surface area contributed by atoms with Crippen molar-refractivity contribution >= 4 is 5.57 Å². The highest BCUT2D eigenvalue weighted by molar-refractivity contribution is 5.75. The Morgan fingerprint density at radius 3 is 2.23 bits per heavy atom. The van der Waals surface area contributed by atoms with Gasteiger partial charge in [0.15, 0.2) is 0 Å². The van der Waals surface area contributed by atoms with Crippen LogP contribution < -0.4 is 4.74 Å². The Morgan fingerprint density at radius 2 is 1.69 bits per heavy atom. The number of allylic oxidation sites excluding steroid dienone is 4. The fraction of sp³-hybridized carbons (Fsp3) is 0.273. The lowest BCUT2D eigenvalue weighted by Crippen LogP contribution is -2.24. The van der Waals surface area contributed by atoms with Crippen molar-refractivity contribution in [3.05, 3.63) is 84.0 Å². The van der Waals surface area contributed by atoms with E-state index in [0.717, 1.165) is 24.8 Å². The van der Waals surface area contributed by atoms with Crippen molar-refractivity contribution in [3.8, 4) is 5.75 Å². The van der Waals surface area contributed by atoms with Gasteiger partial charge in [0.25, 0.3) is 0 Å². The summed E-state index contributed by atoms with van der Waals surface area (Å²) in [6, 6.07) is 16.4. The molecule has 0 radical (unpaired) electrons. The maximum Gasteiger partial charge on any atom is 0.573 e. The van der Waals surface area contributed by atoms with Crippen LogP contribution in [0.1, 0.15) is 37.3 Å². The molecule has 1 atom stereocenters. The van der Waals surface area contributed by atoms with Crippen LogP contribution in [0.2, 0.25) is 0 Å². The predicted molar refractivity (Wildman–Crippen MR) is 97.9 cm³/mol. The van der Waals surface area contributed by atoms with Crippen LogP contribution in [0, 0.1) is 0 Å². The van der Waals surface area contributed by atoms with Crippen molar-refractivity contribution < 1.29 is 17.9 Å². The van der Waals surface area contributed by atoms with Gasteiger partial charge in [-0.1, -0.05) is 74.0 Å². The highest BCUT2D eigenvalue weighted by atomic mass is 19.4. The zero-order valence-corrected chi connectivity index (χ0v) is 14.6. The molecule has 2 aromatic carbocycles. The topological polar surface area (TPSA) is 9.23 Å². The number of benzene rings is 2. The first kappa shape index (κ1) is 18.3. The average molecular weight is 358 g/mol. The number of hydrogen-bond acceptors (Lipinski definition) is 1. The molecule has 0 N–H and O–H groups in total. The van der Waals surface area contributed by atoms with Gasteiger partial charge in [-0.15, -0.1) is 13.2 Å². The molecule has 0 heterocycles. The lowest BCUT2D eigenvalue weighted by molar-refractivity contribution is -0.274. The van der Waals surface area contributed by atoms with E-state index in [1.54, 1.807) is 12.1 Å². The van der Waals surface area contributed by atoms with Crippen molar-refractivity contribution in [1.29, 1.82) is 0 Å². The Hall–Kier alpha value is -2.49. The van der Waals surface area contributed by atoms with Gasteiger partial charge in [-0.2, -0.15) is 0 Å². The monoisotopic (exact) mass is 358 g/mol. The standard InChI is InChI=1S/C22H21F3O/c1-2-14-21(19-8-10-20(11-9-19)26-22(23,24)25)15-12-18(13-16-21)17-6-4-3-5-7-17/h3-13,15H,2,14,16H2,1H3. The van der Waals surface area contributed by atoms with Crippen LogP contribution in [0.4, 0.5) is 13.2 Å². The Balaban J connectivity index is 1.84. The SMILES string of the molecule is CCCC1(c2ccc(OC(F)(F)F)cc2)C=CC(c2ccccc2)=CC1.